The lowest BCUT2D eigenvalue weighted by Gasteiger charge is -2.35. The molecule has 2 rings (SSSR count). The van der Waals surface area contributed by atoms with Crippen LogP contribution >= 0.6 is 0 Å². The first-order valence-electron chi connectivity index (χ1n) is 5.32. The quantitative estimate of drug-likeness (QED) is 0.817. The largest absolute Gasteiger partial charge is 0.481 e. The molecule has 0 unspecified atom stereocenters. The van der Waals surface area contributed by atoms with Gasteiger partial charge in [-0.15, -0.1) is 5.10 Å². The number of aromatic nitrogens is 3. The summed E-state index contributed by atoms with van der Waals surface area (Å²) in [6.07, 6.45) is 8.66. The first kappa shape index (κ1) is 10.1. The third-order valence-corrected chi connectivity index (χ3v) is 3.17. The molecule has 1 fully saturated rings. The van der Waals surface area contributed by atoms with Crippen molar-refractivity contribution in [1.29, 1.82) is 0 Å². The van der Waals surface area contributed by atoms with Gasteiger partial charge in [0.05, 0.1) is 18.2 Å². The Morgan fingerprint density at radius 1 is 1.40 bits per heavy atom. The molecule has 5 heteroatoms. The van der Waals surface area contributed by atoms with E-state index in [9.17, 15) is 4.79 Å². The molecule has 1 saturated carbocycles. The zero-order chi connectivity index (χ0) is 10.7. The summed E-state index contributed by atoms with van der Waals surface area (Å²) >= 11 is 0. The average molecular weight is 209 g/mol. The lowest BCUT2D eigenvalue weighted by atomic mass is 9.79. The molecule has 1 aromatic heterocycles. The number of hydrogen-bond donors (Lipinski definition) is 1. The summed E-state index contributed by atoms with van der Waals surface area (Å²) in [4.78, 5) is 10.9. The second-order valence-corrected chi connectivity index (χ2v) is 4.20. The van der Waals surface area contributed by atoms with Crippen LogP contribution in [0.25, 0.3) is 0 Å². The Hall–Kier alpha value is -1.39. The number of hydrogen-bond acceptors (Lipinski definition) is 3. The van der Waals surface area contributed by atoms with Gasteiger partial charge in [0.2, 0.25) is 0 Å². The van der Waals surface area contributed by atoms with Gasteiger partial charge in [-0.05, 0) is 12.8 Å². The molecular weight excluding hydrogens is 194 g/mol. The highest BCUT2D eigenvalue weighted by molar-refractivity contribution is 5.68. The number of carboxylic acids is 1. The van der Waals surface area contributed by atoms with Crippen LogP contribution in [-0.4, -0.2) is 26.1 Å². The summed E-state index contributed by atoms with van der Waals surface area (Å²) in [6.45, 7) is 0. The van der Waals surface area contributed by atoms with Crippen molar-refractivity contribution in [2.75, 3.05) is 0 Å². The number of nitrogens with zero attached hydrogens (tertiary/aromatic N) is 3. The molecule has 1 aromatic rings. The minimum absolute atomic E-state index is 0.149. The van der Waals surface area contributed by atoms with Crippen LogP contribution in [0.4, 0.5) is 0 Å². The van der Waals surface area contributed by atoms with Crippen LogP contribution in [0.5, 0.6) is 0 Å². The molecule has 0 spiro atoms. The SMILES string of the molecule is O=C(O)CC1(n2ccnn2)CCCCC1. The minimum atomic E-state index is -0.757. The van der Waals surface area contributed by atoms with E-state index in [-0.39, 0.29) is 12.0 Å². The van der Waals surface area contributed by atoms with Crippen molar-refractivity contribution < 1.29 is 9.90 Å². The van der Waals surface area contributed by atoms with Crippen molar-refractivity contribution in [3.8, 4) is 0 Å². The Kier molecular flexibility index (Phi) is 2.70. The third-order valence-electron chi connectivity index (χ3n) is 3.17. The zero-order valence-electron chi connectivity index (χ0n) is 8.59. The van der Waals surface area contributed by atoms with Crippen LogP contribution in [0.3, 0.4) is 0 Å². The molecule has 0 radical (unpaired) electrons. The fraction of sp³-hybridized carbons (Fsp3) is 0.700. The van der Waals surface area contributed by atoms with Crippen LogP contribution in [0.1, 0.15) is 38.5 Å². The molecule has 0 aliphatic heterocycles. The zero-order valence-corrected chi connectivity index (χ0v) is 8.59. The number of carbonyl (C=O) groups is 1. The fourth-order valence-corrected chi connectivity index (χ4v) is 2.44. The van der Waals surface area contributed by atoms with Gasteiger partial charge >= 0.3 is 5.97 Å². The average Bonchev–Trinajstić information content (AvgIpc) is 2.71. The lowest BCUT2D eigenvalue weighted by molar-refractivity contribution is -0.140. The summed E-state index contributed by atoms with van der Waals surface area (Å²) < 4.78 is 1.74. The van der Waals surface area contributed by atoms with Crippen LogP contribution in [0, 0.1) is 0 Å². The van der Waals surface area contributed by atoms with Crippen molar-refractivity contribution in [3.05, 3.63) is 12.4 Å². The standard InChI is InChI=1S/C10H15N3O2/c14-9(15)8-10(4-2-1-3-5-10)13-7-6-11-12-13/h6-7H,1-5,8H2,(H,14,15). The van der Waals surface area contributed by atoms with Gasteiger partial charge in [-0.3, -0.25) is 4.79 Å². The Morgan fingerprint density at radius 2 is 2.13 bits per heavy atom. The van der Waals surface area contributed by atoms with E-state index in [1.807, 2.05) is 0 Å². The van der Waals surface area contributed by atoms with Crippen molar-refractivity contribution in [3.63, 3.8) is 0 Å². The van der Waals surface area contributed by atoms with E-state index >= 15 is 0 Å². The fourth-order valence-electron chi connectivity index (χ4n) is 2.44. The number of carboxylic acid groups (broad SMARTS) is 1. The monoisotopic (exact) mass is 209 g/mol. The highest BCUT2D eigenvalue weighted by atomic mass is 16.4. The second-order valence-electron chi connectivity index (χ2n) is 4.20. The normalized spacial score (nSPS) is 20.0. The maximum atomic E-state index is 10.9. The lowest BCUT2D eigenvalue weighted by Crippen LogP contribution is -2.38. The van der Waals surface area contributed by atoms with Crippen molar-refractivity contribution in [2.45, 2.75) is 44.1 Å². The molecule has 0 amide bonds. The first-order chi connectivity index (χ1) is 7.23. The van der Waals surface area contributed by atoms with Gasteiger partial charge in [0.25, 0.3) is 0 Å². The van der Waals surface area contributed by atoms with Crippen molar-refractivity contribution >= 4 is 5.97 Å². The van der Waals surface area contributed by atoms with Gasteiger partial charge in [0.15, 0.2) is 0 Å². The van der Waals surface area contributed by atoms with Crippen LogP contribution in [0.15, 0.2) is 12.4 Å². The molecular formula is C10H15N3O2. The Labute approximate surface area is 88.1 Å². The van der Waals surface area contributed by atoms with Crippen LogP contribution in [-0.2, 0) is 10.3 Å². The summed E-state index contributed by atoms with van der Waals surface area (Å²) in [5, 5.41) is 16.7. The Morgan fingerprint density at radius 3 is 2.67 bits per heavy atom. The summed E-state index contributed by atoms with van der Waals surface area (Å²) in [6, 6.07) is 0. The van der Waals surface area contributed by atoms with Crippen molar-refractivity contribution in [2.24, 2.45) is 0 Å². The molecule has 0 bridgehead atoms. The molecule has 82 valence electrons. The molecule has 0 atom stereocenters. The topological polar surface area (TPSA) is 68.0 Å². The molecule has 1 aliphatic rings. The van der Waals surface area contributed by atoms with Gasteiger partial charge in [0.1, 0.15) is 0 Å². The molecule has 0 saturated heterocycles. The maximum absolute atomic E-state index is 10.9. The first-order valence-corrected chi connectivity index (χ1v) is 5.32. The molecule has 0 aromatic carbocycles. The highest BCUT2D eigenvalue weighted by Gasteiger charge is 2.36. The van der Waals surface area contributed by atoms with Crippen molar-refractivity contribution in [1.82, 2.24) is 15.0 Å². The van der Waals surface area contributed by atoms with E-state index in [1.54, 1.807) is 17.1 Å². The van der Waals surface area contributed by atoms with Gasteiger partial charge in [-0.2, -0.15) is 0 Å². The van der Waals surface area contributed by atoms with E-state index in [1.165, 1.54) is 6.42 Å². The van der Waals surface area contributed by atoms with Gasteiger partial charge in [-0.25, -0.2) is 4.68 Å². The third kappa shape index (κ3) is 2.00. The minimum Gasteiger partial charge on any atom is -0.481 e. The predicted octanol–water partition coefficient (Wildman–Crippen LogP) is 1.41. The number of aliphatic carboxylic acids is 1. The molecule has 15 heavy (non-hydrogen) atoms. The predicted molar refractivity (Wildman–Crippen MR) is 53.3 cm³/mol. The van der Waals surface area contributed by atoms with Gasteiger partial charge < -0.3 is 5.11 Å². The second kappa shape index (κ2) is 4.00. The van der Waals surface area contributed by atoms with Crippen LogP contribution < -0.4 is 0 Å². The summed E-state index contributed by atoms with van der Waals surface area (Å²) in [7, 11) is 0. The van der Waals surface area contributed by atoms with Gasteiger partial charge in [-0.1, -0.05) is 24.5 Å². The highest BCUT2D eigenvalue weighted by Crippen LogP contribution is 2.36. The smallest absolute Gasteiger partial charge is 0.305 e. The van der Waals surface area contributed by atoms with E-state index < -0.39 is 5.97 Å². The van der Waals surface area contributed by atoms with Gasteiger partial charge in [0, 0.05) is 6.20 Å². The molecule has 1 heterocycles. The Balaban J connectivity index is 2.25. The Bertz CT molecular complexity index is 328. The van der Waals surface area contributed by atoms with Crippen LogP contribution in [0.2, 0.25) is 0 Å². The maximum Gasteiger partial charge on any atom is 0.305 e. The summed E-state index contributed by atoms with van der Waals surface area (Å²) in [5.74, 6) is -0.757. The summed E-state index contributed by atoms with van der Waals surface area (Å²) in [5.41, 5.74) is -0.333. The molecule has 5 nitrogen and oxygen atoms in total. The van der Waals surface area contributed by atoms with E-state index in [2.05, 4.69) is 10.3 Å². The van der Waals surface area contributed by atoms with E-state index in [0.717, 1.165) is 25.7 Å². The van der Waals surface area contributed by atoms with E-state index in [0.29, 0.717) is 0 Å². The molecule has 1 N–H and O–H groups in total. The number of rotatable bonds is 3. The van der Waals surface area contributed by atoms with E-state index in [4.69, 9.17) is 5.11 Å². The molecule has 1 aliphatic carbocycles.